The summed E-state index contributed by atoms with van der Waals surface area (Å²) in [5, 5.41) is 10.1. The lowest BCUT2D eigenvalue weighted by molar-refractivity contribution is -0.0722. The van der Waals surface area contributed by atoms with Crippen LogP contribution in [-0.4, -0.2) is 11.4 Å². The van der Waals surface area contributed by atoms with Crippen LogP contribution in [-0.2, 0) is 0 Å². The maximum Gasteiger partial charge on any atom is 0.200 e. The van der Waals surface area contributed by atoms with Crippen LogP contribution in [0.4, 0.5) is 0 Å². The molecule has 0 bridgehead atoms. The summed E-state index contributed by atoms with van der Waals surface area (Å²) in [5.74, 6) is 1.03. The zero-order valence-corrected chi connectivity index (χ0v) is 11.1. The lowest BCUT2D eigenvalue weighted by Gasteiger charge is -2.26. The SMILES string of the molecule is C=C(C)c1ccc(OC(O)C2CCCCC2)cc1. The molecule has 0 spiro atoms. The number of rotatable bonds is 4. The fourth-order valence-electron chi connectivity index (χ4n) is 2.47. The van der Waals surface area contributed by atoms with Gasteiger partial charge in [-0.25, -0.2) is 0 Å². The highest BCUT2D eigenvalue weighted by atomic mass is 16.6. The molecule has 0 amide bonds. The van der Waals surface area contributed by atoms with Gasteiger partial charge in [0.2, 0.25) is 0 Å². The number of aliphatic hydroxyl groups is 1. The summed E-state index contributed by atoms with van der Waals surface area (Å²) in [4.78, 5) is 0. The fourth-order valence-corrected chi connectivity index (χ4v) is 2.47. The Morgan fingerprint density at radius 1 is 1.22 bits per heavy atom. The summed E-state index contributed by atoms with van der Waals surface area (Å²) in [6.45, 7) is 5.88. The third-order valence-electron chi connectivity index (χ3n) is 3.66. The highest BCUT2D eigenvalue weighted by Crippen LogP contribution is 2.28. The van der Waals surface area contributed by atoms with Gasteiger partial charge in [-0.05, 0) is 37.5 Å². The molecule has 0 heterocycles. The lowest BCUT2D eigenvalue weighted by Crippen LogP contribution is -2.28. The molecule has 2 rings (SSSR count). The minimum atomic E-state index is -0.666. The third-order valence-corrected chi connectivity index (χ3v) is 3.66. The van der Waals surface area contributed by atoms with Crippen LogP contribution >= 0.6 is 0 Å². The van der Waals surface area contributed by atoms with E-state index in [9.17, 15) is 5.11 Å². The van der Waals surface area contributed by atoms with Crippen LogP contribution in [0.5, 0.6) is 5.75 Å². The topological polar surface area (TPSA) is 29.5 Å². The van der Waals surface area contributed by atoms with Gasteiger partial charge >= 0.3 is 0 Å². The molecule has 1 fully saturated rings. The number of benzene rings is 1. The van der Waals surface area contributed by atoms with E-state index >= 15 is 0 Å². The monoisotopic (exact) mass is 246 g/mol. The molecule has 1 aliphatic carbocycles. The van der Waals surface area contributed by atoms with Crippen molar-refractivity contribution in [3.05, 3.63) is 36.4 Å². The summed E-state index contributed by atoms with van der Waals surface area (Å²) in [5.41, 5.74) is 2.14. The molecule has 1 aromatic carbocycles. The van der Waals surface area contributed by atoms with E-state index in [-0.39, 0.29) is 0 Å². The first kappa shape index (κ1) is 13.2. The van der Waals surface area contributed by atoms with Crippen LogP contribution in [0.2, 0.25) is 0 Å². The maximum atomic E-state index is 10.1. The van der Waals surface area contributed by atoms with E-state index in [1.807, 2.05) is 31.2 Å². The second-order valence-electron chi connectivity index (χ2n) is 5.21. The summed E-state index contributed by atoms with van der Waals surface area (Å²) in [6.07, 6.45) is 5.19. The molecule has 0 radical (unpaired) electrons. The van der Waals surface area contributed by atoms with Crippen molar-refractivity contribution in [3.8, 4) is 5.75 Å². The van der Waals surface area contributed by atoms with Crippen LogP contribution < -0.4 is 4.74 Å². The molecule has 2 nitrogen and oxygen atoms in total. The van der Waals surface area contributed by atoms with Gasteiger partial charge in [-0.15, -0.1) is 0 Å². The Labute approximate surface area is 109 Å². The van der Waals surface area contributed by atoms with E-state index < -0.39 is 6.29 Å². The quantitative estimate of drug-likeness (QED) is 0.814. The molecule has 1 N–H and O–H groups in total. The van der Waals surface area contributed by atoms with E-state index in [0.29, 0.717) is 5.92 Å². The van der Waals surface area contributed by atoms with E-state index in [4.69, 9.17) is 4.74 Å². The molecule has 1 aliphatic rings. The van der Waals surface area contributed by atoms with Gasteiger partial charge in [-0.2, -0.15) is 0 Å². The summed E-state index contributed by atoms with van der Waals surface area (Å²) >= 11 is 0. The van der Waals surface area contributed by atoms with Gasteiger partial charge in [-0.3, -0.25) is 0 Å². The van der Waals surface area contributed by atoms with Crippen LogP contribution in [0.1, 0.15) is 44.6 Å². The Bertz CT molecular complexity index is 388. The first-order valence-corrected chi connectivity index (χ1v) is 6.77. The Balaban J connectivity index is 1.93. The van der Waals surface area contributed by atoms with E-state index in [2.05, 4.69) is 6.58 Å². The molecule has 0 saturated heterocycles. The number of aliphatic hydroxyl groups excluding tert-OH is 1. The second kappa shape index (κ2) is 6.05. The Kier molecular flexibility index (Phi) is 4.43. The molecular formula is C16H22O2. The first-order valence-electron chi connectivity index (χ1n) is 6.77. The van der Waals surface area contributed by atoms with Crippen molar-refractivity contribution in [3.63, 3.8) is 0 Å². The van der Waals surface area contributed by atoms with Crippen LogP contribution in [0.3, 0.4) is 0 Å². The summed E-state index contributed by atoms with van der Waals surface area (Å²) < 4.78 is 5.61. The molecule has 18 heavy (non-hydrogen) atoms. The normalized spacial score (nSPS) is 18.3. The van der Waals surface area contributed by atoms with Crippen molar-refractivity contribution < 1.29 is 9.84 Å². The lowest BCUT2D eigenvalue weighted by atomic mass is 9.89. The van der Waals surface area contributed by atoms with Gasteiger partial charge < -0.3 is 9.84 Å². The Hall–Kier alpha value is -1.28. The van der Waals surface area contributed by atoms with Gasteiger partial charge in [0.25, 0.3) is 0 Å². The standard InChI is InChI=1S/C16H22O2/c1-12(2)13-8-10-15(11-9-13)18-16(17)14-6-4-3-5-7-14/h8-11,14,16-17H,1,3-7H2,2H3. The van der Waals surface area contributed by atoms with Crippen molar-refractivity contribution in [2.24, 2.45) is 5.92 Å². The van der Waals surface area contributed by atoms with Crippen molar-refractivity contribution in [1.29, 1.82) is 0 Å². The van der Waals surface area contributed by atoms with Gasteiger partial charge in [0.15, 0.2) is 6.29 Å². The minimum absolute atomic E-state index is 0.291. The molecule has 0 aromatic heterocycles. The first-order chi connectivity index (χ1) is 8.66. The maximum absolute atomic E-state index is 10.1. The average Bonchev–Trinajstić information content (AvgIpc) is 2.40. The number of hydrogen-bond donors (Lipinski definition) is 1. The number of hydrogen-bond acceptors (Lipinski definition) is 2. The minimum Gasteiger partial charge on any atom is -0.465 e. The zero-order chi connectivity index (χ0) is 13.0. The van der Waals surface area contributed by atoms with Crippen LogP contribution in [0.25, 0.3) is 5.57 Å². The zero-order valence-electron chi connectivity index (χ0n) is 11.1. The van der Waals surface area contributed by atoms with Crippen molar-refractivity contribution in [1.82, 2.24) is 0 Å². The van der Waals surface area contributed by atoms with E-state index in [1.165, 1.54) is 19.3 Å². The number of allylic oxidation sites excluding steroid dienone is 1. The Morgan fingerprint density at radius 3 is 2.39 bits per heavy atom. The fraction of sp³-hybridized carbons (Fsp3) is 0.500. The molecular weight excluding hydrogens is 224 g/mol. The van der Waals surface area contributed by atoms with Crippen molar-refractivity contribution in [2.75, 3.05) is 0 Å². The largest absolute Gasteiger partial charge is 0.465 e. The van der Waals surface area contributed by atoms with Crippen LogP contribution in [0.15, 0.2) is 30.8 Å². The third kappa shape index (κ3) is 3.36. The van der Waals surface area contributed by atoms with E-state index in [0.717, 1.165) is 29.7 Å². The predicted octanol–water partition coefficient (Wildman–Crippen LogP) is 4.00. The molecule has 1 aromatic rings. The number of ether oxygens (including phenoxy) is 1. The average molecular weight is 246 g/mol. The summed E-state index contributed by atoms with van der Waals surface area (Å²) in [7, 11) is 0. The molecule has 1 atom stereocenters. The van der Waals surface area contributed by atoms with Gasteiger partial charge in [-0.1, -0.05) is 43.5 Å². The smallest absolute Gasteiger partial charge is 0.200 e. The summed E-state index contributed by atoms with van der Waals surface area (Å²) in [6, 6.07) is 7.75. The van der Waals surface area contributed by atoms with Crippen LogP contribution in [0, 0.1) is 5.92 Å². The molecule has 98 valence electrons. The van der Waals surface area contributed by atoms with Crippen molar-refractivity contribution in [2.45, 2.75) is 45.3 Å². The molecule has 1 saturated carbocycles. The molecule has 2 heteroatoms. The van der Waals surface area contributed by atoms with E-state index in [1.54, 1.807) is 0 Å². The Morgan fingerprint density at radius 2 is 1.83 bits per heavy atom. The van der Waals surface area contributed by atoms with Gasteiger partial charge in [0, 0.05) is 5.92 Å². The van der Waals surface area contributed by atoms with Crippen molar-refractivity contribution >= 4 is 5.57 Å². The molecule has 1 unspecified atom stereocenters. The highest BCUT2D eigenvalue weighted by molar-refractivity contribution is 5.61. The van der Waals surface area contributed by atoms with Gasteiger partial charge in [0.05, 0.1) is 0 Å². The van der Waals surface area contributed by atoms with Gasteiger partial charge in [0.1, 0.15) is 5.75 Å². The highest BCUT2D eigenvalue weighted by Gasteiger charge is 2.22. The second-order valence-corrected chi connectivity index (χ2v) is 5.21. The molecule has 0 aliphatic heterocycles. The predicted molar refractivity (Wildman–Crippen MR) is 74.4 cm³/mol.